The summed E-state index contributed by atoms with van der Waals surface area (Å²) in [5.41, 5.74) is 2.67. The first kappa shape index (κ1) is 26.2. The van der Waals surface area contributed by atoms with Crippen molar-refractivity contribution in [2.24, 2.45) is 5.92 Å². The van der Waals surface area contributed by atoms with E-state index in [-0.39, 0.29) is 6.10 Å². The van der Waals surface area contributed by atoms with Gasteiger partial charge in [-0.25, -0.2) is 4.68 Å². The molecule has 3 aromatic rings. The smallest absolute Gasteiger partial charge is 0.227 e. The van der Waals surface area contributed by atoms with Crippen molar-refractivity contribution >= 4 is 11.6 Å². The number of nitrogens with zero attached hydrogens (tertiary/aromatic N) is 3. The molecule has 1 atom stereocenters. The van der Waals surface area contributed by atoms with E-state index in [9.17, 15) is 5.11 Å². The van der Waals surface area contributed by atoms with E-state index >= 15 is 0 Å². The molecule has 0 unspecified atom stereocenters. The van der Waals surface area contributed by atoms with E-state index < -0.39 is 6.10 Å². The Balaban J connectivity index is 1.95. The van der Waals surface area contributed by atoms with Crippen molar-refractivity contribution in [3.8, 4) is 17.3 Å². The molecule has 0 spiro atoms. The molecule has 0 bridgehead atoms. The molecule has 0 radical (unpaired) electrons. The molecule has 0 aliphatic heterocycles. The number of hydrogen-bond acceptors (Lipinski definition) is 5. The molecule has 0 fully saturated rings. The van der Waals surface area contributed by atoms with Crippen LogP contribution in [0.3, 0.4) is 0 Å². The summed E-state index contributed by atoms with van der Waals surface area (Å²) in [6.45, 7) is 12.5. The molecule has 3 rings (SSSR count). The number of para-hydroxylation sites is 1. The van der Waals surface area contributed by atoms with Gasteiger partial charge in [0.2, 0.25) is 5.88 Å². The van der Waals surface area contributed by atoms with Gasteiger partial charge in [0.1, 0.15) is 5.75 Å². The fourth-order valence-electron chi connectivity index (χ4n) is 3.81. The Morgan fingerprint density at radius 2 is 1.76 bits per heavy atom. The quantitative estimate of drug-likeness (QED) is 0.347. The number of hydrogen-bond donors (Lipinski definition) is 1. The van der Waals surface area contributed by atoms with Gasteiger partial charge in [0, 0.05) is 24.7 Å². The highest BCUT2D eigenvalue weighted by atomic mass is 35.5. The zero-order chi connectivity index (χ0) is 24.7. The number of halogens is 1. The summed E-state index contributed by atoms with van der Waals surface area (Å²) in [5, 5.41) is 16.1. The van der Waals surface area contributed by atoms with Crippen LogP contribution in [0.15, 0.2) is 54.6 Å². The van der Waals surface area contributed by atoms with Gasteiger partial charge in [-0.15, -0.1) is 0 Å². The number of aliphatic hydroxyl groups excluding tert-OH is 1. The van der Waals surface area contributed by atoms with E-state index in [1.165, 1.54) is 0 Å². The van der Waals surface area contributed by atoms with Crippen molar-refractivity contribution in [1.29, 1.82) is 0 Å². The number of benzene rings is 2. The number of aliphatic hydroxyl groups is 1. The van der Waals surface area contributed by atoms with Gasteiger partial charge in [0.25, 0.3) is 0 Å². The molecule has 0 amide bonds. The molecule has 0 saturated carbocycles. The van der Waals surface area contributed by atoms with E-state index in [1.807, 2.05) is 75.4 Å². The lowest BCUT2D eigenvalue weighted by atomic mass is 10.1. The van der Waals surface area contributed by atoms with Gasteiger partial charge >= 0.3 is 0 Å². The first-order chi connectivity index (χ1) is 16.2. The third-order valence-corrected chi connectivity index (χ3v) is 5.48. The average Bonchev–Trinajstić information content (AvgIpc) is 3.07. The molecule has 34 heavy (non-hydrogen) atoms. The van der Waals surface area contributed by atoms with Gasteiger partial charge in [-0.3, -0.25) is 4.90 Å². The molecule has 1 heterocycles. The van der Waals surface area contributed by atoms with Crippen molar-refractivity contribution in [2.45, 2.75) is 53.4 Å². The zero-order valence-corrected chi connectivity index (χ0v) is 21.5. The fourth-order valence-corrected chi connectivity index (χ4v) is 3.99. The van der Waals surface area contributed by atoms with E-state index in [0.29, 0.717) is 36.5 Å². The number of aryl methyl sites for hydroxylation is 1. The number of rotatable bonds is 12. The van der Waals surface area contributed by atoms with Crippen molar-refractivity contribution in [1.82, 2.24) is 14.7 Å². The maximum atomic E-state index is 10.6. The Kier molecular flexibility index (Phi) is 9.54. The SMILES string of the molecule is Cc1nn(-c2cccc(Cl)c2)c(Oc2ccccc2)c1CN(CC(C)C)C[C@H](O)COC(C)C. The predicted octanol–water partition coefficient (Wildman–Crippen LogP) is 5.87. The first-order valence-electron chi connectivity index (χ1n) is 11.8. The van der Waals surface area contributed by atoms with Crippen LogP contribution in [0.25, 0.3) is 5.69 Å². The standard InChI is InChI=1S/C27H36ClN3O3/c1-19(2)15-30(16-24(32)18-33-20(3)4)17-26-21(5)29-31(23-11-9-10-22(28)14-23)27(26)34-25-12-7-6-8-13-25/h6-14,19-20,24,32H,15-18H2,1-5H3/t24-/m0/s1. The number of ether oxygens (including phenoxy) is 2. The van der Waals surface area contributed by atoms with Crippen LogP contribution in [-0.4, -0.2) is 51.7 Å². The summed E-state index contributed by atoms with van der Waals surface area (Å²) >= 11 is 6.27. The van der Waals surface area contributed by atoms with Gasteiger partial charge in [0.05, 0.1) is 35.8 Å². The van der Waals surface area contributed by atoms with Crippen LogP contribution in [-0.2, 0) is 11.3 Å². The molecule has 6 nitrogen and oxygen atoms in total. The minimum atomic E-state index is -0.581. The van der Waals surface area contributed by atoms with Gasteiger partial charge in [-0.1, -0.05) is 49.7 Å². The second-order valence-corrected chi connectivity index (χ2v) is 9.74. The summed E-state index contributed by atoms with van der Waals surface area (Å²) in [7, 11) is 0. The van der Waals surface area contributed by atoms with Crippen LogP contribution in [0.1, 0.15) is 39.0 Å². The minimum Gasteiger partial charge on any atom is -0.439 e. The summed E-state index contributed by atoms with van der Waals surface area (Å²) in [5.74, 6) is 1.81. The Bertz CT molecular complexity index is 1040. The summed E-state index contributed by atoms with van der Waals surface area (Å²) in [4.78, 5) is 2.24. The lowest BCUT2D eigenvalue weighted by Crippen LogP contribution is -2.37. The molecule has 1 aromatic heterocycles. The van der Waals surface area contributed by atoms with Crippen molar-refractivity contribution in [3.63, 3.8) is 0 Å². The highest BCUT2D eigenvalue weighted by molar-refractivity contribution is 6.30. The topological polar surface area (TPSA) is 59.8 Å². The second-order valence-electron chi connectivity index (χ2n) is 9.30. The highest BCUT2D eigenvalue weighted by Crippen LogP contribution is 2.32. The van der Waals surface area contributed by atoms with Gasteiger partial charge < -0.3 is 14.6 Å². The molecular weight excluding hydrogens is 450 g/mol. The third-order valence-electron chi connectivity index (χ3n) is 5.24. The monoisotopic (exact) mass is 485 g/mol. The van der Waals surface area contributed by atoms with Crippen LogP contribution in [0.5, 0.6) is 11.6 Å². The minimum absolute atomic E-state index is 0.0808. The Morgan fingerprint density at radius 1 is 1.03 bits per heavy atom. The van der Waals surface area contributed by atoms with Gasteiger partial charge in [0.15, 0.2) is 0 Å². The molecule has 7 heteroatoms. The zero-order valence-electron chi connectivity index (χ0n) is 20.7. The first-order valence-corrected chi connectivity index (χ1v) is 12.2. The number of aromatic nitrogens is 2. The second kappa shape index (κ2) is 12.4. The van der Waals surface area contributed by atoms with E-state index in [0.717, 1.165) is 29.2 Å². The van der Waals surface area contributed by atoms with Crippen LogP contribution in [0.2, 0.25) is 5.02 Å². The summed E-state index contributed by atoms with van der Waals surface area (Å²) in [6.07, 6.45) is -0.500. The Hall–Kier alpha value is -2.38. The van der Waals surface area contributed by atoms with Crippen molar-refractivity contribution in [2.75, 3.05) is 19.7 Å². The molecule has 184 valence electrons. The Morgan fingerprint density at radius 3 is 2.41 bits per heavy atom. The van der Waals surface area contributed by atoms with Gasteiger partial charge in [-0.2, -0.15) is 5.10 Å². The Labute approximate surface area is 208 Å². The predicted molar refractivity (Wildman–Crippen MR) is 137 cm³/mol. The van der Waals surface area contributed by atoms with Crippen LogP contribution in [0.4, 0.5) is 0 Å². The van der Waals surface area contributed by atoms with E-state index in [1.54, 1.807) is 4.68 Å². The van der Waals surface area contributed by atoms with Crippen molar-refractivity contribution < 1.29 is 14.6 Å². The normalized spacial score (nSPS) is 12.6. The highest BCUT2D eigenvalue weighted by Gasteiger charge is 2.23. The largest absolute Gasteiger partial charge is 0.439 e. The van der Waals surface area contributed by atoms with E-state index in [2.05, 4.69) is 18.7 Å². The maximum absolute atomic E-state index is 10.6. The lowest BCUT2D eigenvalue weighted by Gasteiger charge is -2.27. The summed E-state index contributed by atoms with van der Waals surface area (Å²) < 4.78 is 13.8. The fraction of sp³-hybridized carbons (Fsp3) is 0.444. The van der Waals surface area contributed by atoms with E-state index in [4.69, 9.17) is 26.2 Å². The maximum Gasteiger partial charge on any atom is 0.227 e. The molecule has 2 aromatic carbocycles. The molecular formula is C27H36ClN3O3. The molecule has 1 N–H and O–H groups in total. The summed E-state index contributed by atoms with van der Waals surface area (Å²) in [6, 6.07) is 17.3. The van der Waals surface area contributed by atoms with Crippen LogP contribution < -0.4 is 4.74 Å². The average molecular weight is 486 g/mol. The lowest BCUT2D eigenvalue weighted by molar-refractivity contribution is -0.0109. The van der Waals surface area contributed by atoms with Crippen molar-refractivity contribution in [3.05, 3.63) is 70.9 Å². The molecule has 0 aliphatic rings. The van der Waals surface area contributed by atoms with Gasteiger partial charge in [-0.05, 0) is 57.0 Å². The van der Waals surface area contributed by atoms with Crippen LogP contribution >= 0.6 is 11.6 Å². The van der Waals surface area contributed by atoms with Crippen LogP contribution in [0, 0.1) is 12.8 Å². The third kappa shape index (κ3) is 7.57. The molecule has 0 aliphatic carbocycles. The molecule has 0 saturated heterocycles.